The van der Waals surface area contributed by atoms with Gasteiger partial charge in [-0.25, -0.2) is 0 Å². The van der Waals surface area contributed by atoms with Crippen LogP contribution in [-0.2, 0) is 48.6 Å². The van der Waals surface area contributed by atoms with E-state index in [2.05, 4.69) is 54.6 Å². The summed E-state index contributed by atoms with van der Waals surface area (Å²) in [7, 11) is 0. The Morgan fingerprint density at radius 3 is 2.79 bits per heavy atom. The number of fused-ring (bicyclic) bond motifs is 4. The van der Waals surface area contributed by atoms with E-state index in [-0.39, 0.29) is 44.9 Å². The van der Waals surface area contributed by atoms with Crippen molar-refractivity contribution in [2.75, 3.05) is 6.61 Å². The molecule has 3 heteroatoms. The molecule has 2 nitrogen and oxygen atoms in total. The van der Waals surface area contributed by atoms with E-state index in [1.807, 2.05) is 12.7 Å². The van der Waals surface area contributed by atoms with Crippen LogP contribution < -0.4 is 0 Å². The molecule has 5 rings (SSSR count). The summed E-state index contributed by atoms with van der Waals surface area (Å²) >= 11 is 0. The second-order valence-corrected chi connectivity index (χ2v) is 6.17. The molecular formula is C21H16O2Y-2. The van der Waals surface area contributed by atoms with E-state index >= 15 is 0 Å². The number of benzene rings is 3. The van der Waals surface area contributed by atoms with Gasteiger partial charge in [-0.1, -0.05) is 36.4 Å². The van der Waals surface area contributed by atoms with Gasteiger partial charge in [0.25, 0.3) is 0 Å². The third-order valence-electron chi connectivity index (χ3n) is 4.67. The summed E-state index contributed by atoms with van der Waals surface area (Å²) in [6.07, 6.45) is 0.972. The van der Waals surface area contributed by atoms with Gasteiger partial charge < -0.3 is 9.47 Å². The predicted molar refractivity (Wildman–Crippen MR) is 89.0 cm³/mol. The molecule has 1 aliphatic heterocycles. The van der Waals surface area contributed by atoms with Gasteiger partial charge in [0.05, 0.1) is 6.10 Å². The van der Waals surface area contributed by atoms with Crippen molar-refractivity contribution in [2.45, 2.75) is 18.6 Å². The molecule has 1 aliphatic carbocycles. The van der Waals surface area contributed by atoms with E-state index in [9.17, 15) is 0 Å². The van der Waals surface area contributed by atoms with Crippen molar-refractivity contribution in [3.8, 4) is 0 Å². The quantitative estimate of drug-likeness (QED) is 0.495. The Hall–Kier alpha value is -1.06. The van der Waals surface area contributed by atoms with Gasteiger partial charge in [0.1, 0.15) is 0 Å². The molecule has 0 aromatic heterocycles. The van der Waals surface area contributed by atoms with Crippen LogP contribution in [0.4, 0.5) is 0 Å². The summed E-state index contributed by atoms with van der Waals surface area (Å²) in [5, 5.41) is 2.52. The topological polar surface area (TPSA) is 21.8 Å². The molecule has 0 bridgehead atoms. The molecule has 1 saturated heterocycles. The van der Waals surface area contributed by atoms with E-state index in [4.69, 9.17) is 9.47 Å². The van der Waals surface area contributed by atoms with Crippen molar-refractivity contribution in [3.63, 3.8) is 0 Å². The molecule has 0 spiro atoms. The Kier molecular flexibility index (Phi) is 4.57. The maximum Gasteiger partial charge on any atom is 0.0537 e. The van der Waals surface area contributed by atoms with Crippen molar-refractivity contribution < 1.29 is 42.2 Å². The molecule has 0 saturated carbocycles. The Bertz CT molecular complexity index is 886. The molecule has 0 N–H and O–H groups in total. The first-order chi connectivity index (χ1) is 11.4. The predicted octanol–water partition coefficient (Wildman–Crippen LogP) is 4.21. The van der Waals surface area contributed by atoms with Crippen LogP contribution in [0.2, 0.25) is 0 Å². The molecule has 117 valence electrons. The number of ether oxygens (including phenoxy) is 2. The fraction of sp³-hybridized carbons (Fsp3) is 0.190. The monoisotopic (exact) mass is 389 g/mol. The Balaban J connectivity index is 0.00000146. The van der Waals surface area contributed by atoms with Crippen LogP contribution in [0.5, 0.6) is 0 Å². The summed E-state index contributed by atoms with van der Waals surface area (Å²) in [5.74, 6) is 0. The van der Waals surface area contributed by atoms with Crippen LogP contribution in [0.15, 0.2) is 54.6 Å². The standard InChI is InChI=1S/C21H16O2.Y/c1-3-7-18-14(5-1)9-10-16-11-15-6-2-4-8-19(15)21(20(16)18)23-13-17-12-22-17;/h1-7,9-10,13,17,21H,11-12H2;/q-2;. The molecule has 3 aromatic rings. The summed E-state index contributed by atoms with van der Waals surface area (Å²) in [6, 6.07) is 22.6. The molecule has 0 amide bonds. The minimum absolute atomic E-state index is 0. The summed E-state index contributed by atoms with van der Waals surface area (Å²) < 4.78 is 11.5. The van der Waals surface area contributed by atoms with Gasteiger partial charge >= 0.3 is 0 Å². The fourth-order valence-corrected chi connectivity index (χ4v) is 3.47. The second kappa shape index (κ2) is 6.69. The fourth-order valence-electron chi connectivity index (χ4n) is 3.47. The van der Waals surface area contributed by atoms with Crippen LogP contribution >= 0.6 is 0 Å². The van der Waals surface area contributed by atoms with Crippen LogP contribution in [0.1, 0.15) is 28.4 Å². The Labute approximate surface area is 167 Å². The maximum atomic E-state index is 6.19. The third-order valence-corrected chi connectivity index (χ3v) is 4.67. The first kappa shape index (κ1) is 16.4. The molecular weight excluding hydrogens is 373 g/mol. The van der Waals surface area contributed by atoms with Crippen molar-refractivity contribution in [1.82, 2.24) is 0 Å². The molecule has 2 unspecified atom stereocenters. The first-order valence-corrected chi connectivity index (χ1v) is 8.00. The van der Waals surface area contributed by atoms with Gasteiger partial charge in [-0.05, 0) is 34.4 Å². The van der Waals surface area contributed by atoms with E-state index < -0.39 is 0 Å². The Morgan fingerprint density at radius 2 is 1.92 bits per heavy atom. The average Bonchev–Trinajstić information content (AvgIpc) is 3.43. The van der Waals surface area contributed by atoms with Gasteiger partial charge in [0.15, 0.2) is 0 Å². The van der Waals surface area contributed by atoms with Gasteiger partial charge in [-0.3, -0.25) is 0 Å². The minimum Gasteiger partial charge on any atom is -0.542 e. The van der Waals surface area contributed by atoms with Gasteiger partial charge in [0, 0.05) is 39.3 Å². The molecule has 2 atom stereocenters. The average molecular weight is 389 g/mol. The largest absolute Gasteiger partial charge is 0.542 e. The van der Waals surface area contributed by atoms with Crippen LogP contribution in [-0.4, -0.2) is 12.7 Å². The van der Waals surface area contributed by atoms with Gasteiger partial charge in [-0.15, -0.1) is 11.1 Å². The van der Waals surface area contributed by atoms with Crippen LogP contribution in [0.3, 0.4) is 0 Å². The zero-order valence-electron chi connectivity index (χ0n) is 13.2. The molecule has 1 heterocycles. The number of hydrogen-bond acceptors (Lipinski definition) is 2. The number of epoxide rings is 1. The molecule has 2 aliphatic rings. The summed E-state index contributed by atoms with van der Waals surface area (Å²) in [6.45, 7) is 2.60. The number of hydrogen-bond donors (Lipinski definition) is 0. The van der Waals surface area contributed by atoms with Crippen LogP contribution in [0.25, 0.3) is 10.8 Å². The molecule has 1 radical (unpaired) electrons. The van der Waals surface area contributed by atoms with Gasteiger partial charge in [-0.2, -0.15) is 30.9 Å². The number of rotatable bonds is 3. The van der Waals surface area contributed by atoms with Crippen molar-refractivity contribution >= 4 is 10.8 Å². The SMILES string of the molecule is [Y].[c-]1cccc2c1C(O[CH-]C1CO1)c1c(ccc3ccccc13)C2. The maximum absolute atomic E-state index is 6.19. The van der Waals surface area contributed by atoms with Crippen LogP contribution in [0, 0.1) is 12.7 Å². The zero-order valence-corrected chi connectivity index (χ0v) is 16.1. The second-order valence-electron chi connectivity index (χ2n) is 6.17. The molecule has 3 aromatic carbocycles. The van der Waals surface area contributed by atoms with Crippen molar-refractivity contribution in [3.05, 3.63) is 89.5 Å². The van der Waals surface area contributed by atoms with E-state index in [1.165, 1.54) is 27.5 Å². The van der Waals surface area contributed by atoms with E-state index in [1.54, 1.807) is 0 Å². The molecule has 1 fully saturated rings. The zero-order chi connectivity index (χ0) is 15.2. The van der Waals surface area contributed by atoms with Crippen molar-refractivity contribution in [2.24, 2.45) is 0 Å². The van der Waals surface area contributed by atoms with E-state index in [0.717, 1.165) is 18.6 Å². The van der Waals surface area contributed by atoms with Gasteiger partial charge in [0.2, 0.25) is 0 Å². The molecule has 24 heavy (non-hydrogen) atoms. The first-order valence-electron chi connectivity index (χ1n) is 8.00. The normalized spacial score (nSPS) is 20.8. The summed E-state index contributed by atoms with van der Waals surface area (Å²) in [5.41, 5.74) is 5.06. The van der Waals surface area contributed by atoms with E-state index in [0.29, 0.717) is 0 Å². The summed E-state index contributed by atoms with van der Waals surface area (Å²) in [4.78, 5) is 0. The minimum atomic E-state index is -0.106. The smallest absolute Gasteiger partial charge is 0.0537 e. The van der Waals surface area contributed by atoms with Crippen molar-refractivity contribution in [1.29, 1.82) is 0 Å². The Morgan fingerprint density at radius 1 is 1.04 bits per heavy atom. The third kappa shape index (κ3) is 2.86.